The van der Waals surface area contributed by atoms with Crippen molar-refractivity contribution < 1.29 is 27.8 Å². The molecule has 0 bridgehead atoms. The Morgan fingerprint density at radius 3 is 2.47 bits per heavy atom. The van der Waals surface area contributed by atoms with E-state index in [0.717, 1.165) is 17.4 Å². The quantitative estimate of drug-likeness (QED) is 0.222. The Morgan fingerprint density at radius 1 is 1.09 bits per heavy atom. The summed E-state index contributed by atoms with van der Waals surface area (Å²) in [4.78, 5) is 36.1. The fourth-order valence-electron chi connectivity index (χ4n) is 6.75. The Labute approximate surface area is 256 Å². The second-order valence-electron chi connectivity index (χ2n) is 11.8. The number of rotatable bonds is 7. The molecule has 1 spiro atoms. The number of fused-ring (bicyclic) bond motifs is 1. The third kappa shape index (κ3) is 6.17. The predicted octanol–water partition coefficient (Wildman–Crippen LogP) is 5.06. The summed E-state index contributed by atoms with van der Waals surface area (Å²) in [5.74, 6) is -1.02. The first-order valence-electron chi connectivity index (χ1n) is 14.8. The molecule has 236 valence electrons. The van der Waals surface area contributed by atoms with Gasteiger partial charge in [0.1, 0.15) is 11.9 Å². The molecule has 0 aliphatic carbocycles. The van der Waals surface area contributed by atoms with E-state index < -0.39 is 24.3 Å². The molecular formula is C32H33F3N6O4. The van der Waals surface area contributed by atoms with Gasteiger partial charge in [0.25, 0.3) is 0 Å². The number of piperidine rings is 1. The number of aliphatic carboxylic acids is 1. The summed E-state index contributed by atoms with van der Waals surface area (Å²) in [7, 11) is 0. The lowest BCUT2D eigenvalue weighted by molar-refractivity contribution is -0.198. The van der Waals surface area contributed by atoms with Gasteiger partial charge in [0.05, 0.1) is 0 Å². The molecule has 2 aromatic carbocycles. The Kier molecular flexibility index (Phi) is 7.89. The second kappa shape index (κ2) is 11.7. The van der Waals surface area contributed by atoms with Gasteiger partial charge in [-0.2, -0.15) is 23.1 Å². The first-order valence-corrected chi connectivity index (χ1v) is 14.8. The number of nitrogens with one attached hydrogen (secondary N) is 2. The third-order valence-corrected chi connectivity index (χ3v) is 9.05. The number of nitrogen functional groups attached to an aromatic ring is 1. The van der Waals surface area contributed by atoms with Crippen LogP contribution in [0.15, 0.2) is 65.5 Å². The number of pyridine rings is 1. The highest BCUT2D eigenvalue weighted by atomic mass is 19.4. The highest BCUT2D eigenvalue weighted by Crippen LogP contribution is 2.46. The van der Waals surface area contributed by atoms with E-state index in [0.29, 0.717) is 49.2 Å². The van der Waals surface area contributed by atoms with Crippen LogP contribution in [0, 0.1) is 5.41 Å². The van der Waals surface area contributed by atoms with Crippen molar-refractivity contribution in [2.75, 3.05) is 23.7 Å². The van der Waals surface area contributed by atoms with E-state index in [9.17, 15) is 27.9 Å². The van der Waals surface area contributed by atoms with Crippen LogP contribution in [0.3, 0.4) is 0 Å². The van der Waals surface area contributed by atoms with Crippen molar-refractivity contribution in [3.8, 4) is 17.0 Å². The molecule has 2 unspecified atom stereocenters. The summed E-state index contributed by atoms with van der Waals surface area (Å²) in [5.41, 5.74) is 7.56. The Hall–Kier alpha value is -4.65. The highest BCUT2D eigenvalue weighted by Gasteiger charge is 2.50. The minimum atomic E-state index is -4.75. The van der Waals surface area contributed by atoms with E-state index in [2.05, 4.69) is 20.3 Å². The molecule has 2 aliphatic heterocycles. The smallest absolute Gasteiger partial charge is 0.429 e. The van der Waals surface area contributed by atoms with E-state index in [4.69, 9.17) is 10.5 Å². The maximum atomic E-state index is 14.3. The van der Waals surface area contributed by atoms with Crippen molar-refractivity contribution in [2.24, 2.45) is 5.41 Å². The van der Waals surface area contributed by atoms with Crippen LogP contribution in [-0.4, -0.2) is 57.4 Å². The van der Waals surface area contributed by atoms with Crippen molar-refractivity contribution in [3.63, 3.8) is 0 Å². The van der Waals surface area contributed by atoms with Crippen LogP contribution in [0.5, 0.6) is 5.88 Å². The third-order valence-electron chi connectivity index (χ3n) is 9.05. The number of hydrogen-bond acceptors (Lipinski definition) is 8. The molecule has 3 atom stereocenters. The van der Waals surface area contributed by atoms with Crippen LogP contribution in [-0.2, 0) is 4.79 Å². The fraction of sp³-hybridized carbons (Fsp3) is 0.375. The van der Waals surface area contributed by atoms with Gasteiger partial charge in [-0.05, 0) is 65.8 Å². The number of benzene rings is 2. The molecule has 2 aliphatic rings. The van der Waals surface area contributed by atoms with Crippen LogP contribution < -0.4 is 26.2 Å². The molecule has 13 heteroatoms. The van der Waals surface area contributed by atoms with E-state index in [1.54, 1.807) is 30.3 Å². The first-order chi connectivity index (χ1) is 21.4. The standard InChI is InChI=1S/C32H33F3N6O4/c1-2-24-31(17-23(37-24)29(43)44)11-13-41(14-12-31)25-16-27(40-30(36)39-25)45-28(32(33,34)35)19-5-3-18(4-6-19)20-7-9-22-21(15-20)8-10-26(42)38-22/h3-10,15-16,23-24,28,37H,2,11-14,17H2,1H3,(H,38,42)(H,43,44)(H2,36,39,40)/t23?,24?,28-/m1/s1. The zero-order valence-corrected chi connectivity index (χ0v) is 24.5. The Bertz CT molecular complexity index is 1770. The highest BCUT2D eigenvalue weighted by molar-refractivity contribution is 5.84. The number of nitrogens with two attached hydrogens (primary N) is 1. The number of H-pyrrole nitrogens is 1. The lowest BCUT2D eigenvalue weighted by atomic mass is 9.71. The number of ether oxygens (including phenoxy) is 1. The number of halogens is 3. The van der Waals surface area contributed by atoms with Crippen molar-refractivity contribution >= 4 is 28.6 Å². The van der Waals surface area contributed by atoms with Crippen molar-refractivity contribution in [2.45, 2.75) is 57.0 Å². The molecule has 4 heterocycles. The maximum absolute atomic E-state index is 14.3. The summed E-state index contributed by atoms with van der Waals surface area (Å²) in [6.45, 7) is 3.10. The number of nitrogens with zero attached hydrogens (tertiary/aromatic N) is 3. The molecule has 10 nitrogen and oxygen atoms in total. The average molecular weight is 623 g/mol. The van der Waals surface area contributed by atoms with Crippen LogP contribution >= 0.6 is 0 Å². The van der Waals surface area contributed by atoms with Gasteiger partial charge in [0, 0.05) is 42.3 Å². The number of carboxylic acid groups (broad SMARTS) is 1. The molecule has 2 fully saturated rings. The summed E-state index contributed by atoms with van der Waals surface area (Å²) in [6, 6.07) is 15.2. The van der Waals surface area contributed by atoms with Gasteiger partial charge >= 0.3 is 12.1 Å². The monoisotopic (exact) mass is 622 g/mol. The van der Waals surface area contributed by atoms with Gasteiger partial charge in [0.2, 0.25) is 23.5 Å². The van der Waals surface area contributed by atoms with Crippen molar-refractivity contribution in [1.29, 1.82) is 0 Å². The molecule has 2 saturated heterocycles. The molecule has 0 amide bonds. The zero-order valence-electron chi connectivity index (χ0n) is 24.5. The summed E-state index contributed by atoms with van der Waals surface area (Å²) < 4.78 is 48.4. The van der Waals surface area contributed by atoms with Gasteiger partial charge in [0.15, 0.2) is 0 Å². The lowest BCUT2D eigenvalue weighted by Crippen LogP contribution is -2.46. The minimum absolute atomic E-state index is 0.0702. The van der Waals surface area contributed by atoms with Gasteiger partial charge in [-0.15, -0.1) is 0 Å². The minimum Gasteiger partial charge on any atom is -0.480 e. The maximum Gasteiger partial charge on any atom is 0.429 e. The zero-order chi connectivity index (χ0) is 31.9. The first kappa shape index (κ1) is 30.4. The largest absolute Gasteiger partial charge is 0.480 e. The number of hydrogen-bond donors (Lipinski definition) is 4. The van der Waals surface area contributed by atoms with E-state index >= 15 is 0 Å². The number of aromatic nitrogens is 3. The molecule has 0 radical (unpaired) electrons. The van der Waals surface area contributed by atoms with Gasteiger partial charge < -0.3 is 30.8 Å². The van der Waals surface area contributed by atoms with E-state index in [1.165, 1.54) is 24.3 Å². The number of carbonyl (C=O) groups is 1. The fourth-order valence-corrected chi connectivity index (χ4v) is 6.75. The lowest BCUT2D eigenvalue weighted by Gasteiger charge is -2.43. The summed E-state index contributed by atoms with van der Waals surface area (Å²) >= 11 is 0. The van der Waals surface area contributed by atoms with E-state index in [1.807, 2.05) is 17.9 Å². The summed E-state index contributed by atoms with van der Waals surface area (Å²) in [5, 5.41) is 13.6. The molecule has 45 heavy (non-hydrogen) atoms. The average Bonchev–Trinajstić information content (AvgIpc) is 3.37. The molecular weight excluding hydrogens is 589 g/mol. The molecule has 2 aromatic heterocycles. The number of anilines is 2. The molecule has 5 N–H and O–H groups in total. The Morgan fingerprint density at radius 2 is 1.80 bits per heavy atom. The van der Waals surface area contributed by atoms with Crippen LogP contribution in [0.2, 0.25) is 0 Å². The molecule has 4 aromatic rings. The van der Waals surface area contributed by atoms with Crippen LogP contribution in [0.4, 0.5) is 24.9 Å². The second-order valence-corrected chi connectivity index (χ2v) is 11.8. The number of alkyl halides is 3. The summed E-state index contributed by atoms with van der Waals surface area (Å²) in [6.07, 6.45) is -4.32. The SMILES string of the molecule is CCC1NC(C(=O)O)CC12CCN(c1cc(O[C@H](c3ccc(-c4ccc5[nH]c(=O)ccc5c4)cc3)C(F)(F)F)nc(N)n1)CC2. The number of carboxylic acids is 1. The van der Waals surface area contributed by atoms with Crippen LogP contribution in [0.1, 0.15) is 44.3 Å². The van der Waals surface area contributed by atoms with Gasteiger partial charge in [-0.1, -0.05) is 37.3 Å². The normalized spacial score (nSPS) is 20.4. The van der Waals surface area contributed by atoms with Crippen molar-refractivity contribution in [3.05, 3.63) is 76.6 Å². The van der Waals surface area contributed by atoms with Gasteiger partial charge in [-0.3, -0.25) is 9.59 Å². The van der Waals surface area contributed by atoms with Gasteiger partial charge in [-0.25, -0.2) is 0 Å². The predicted molar refractivity (Wildman–Crippen MR) is 163 cm³/mol. The number of aromatic amines is 1. The van der Waals surface area contributed by atoms with Crippen LogP contribution in [0.25, 0.3) is 22.0 Å². The molecule has 6 rings (SSSR count). The van der Waals surface area contributed by atoms with E-state index in [-0.39, 0.29) is 34.4 Å². The van der Waals surface area contributed by atoms with Crippen molar-refractivity contribution in [1.82, 2.24) is 20.3 Å². The topological polar surface area (TPSA) is 146 Å². The Balaban J connectivity index is 1.20. The molecule has 0 saturated carbocycles.